The van der Waals surface area contributed by atoms with Crippen LogP contribution in [0.3, 0.4) is 0 Å². The first-order valence-electron chi connectivity index (χ1n) is 5.59. The highest BCUT2D eigenvalue weighted by Gasteiger charge is 2.10. The Bertz CT molecular complexity index is 170. The molecule has 0 bridgehead atoms. The van der Waals surface area contributed by atoms with Gasteiger partial charge in [-0.3, -0.25) is 4.79 Å². The summed E-state index contributed by atoms with van der Waals surface area (Å²) >= 11 is 0. The average Bonchev–Trinajstić information content (AvgIpc) is 2.01. The van der Waals surface area contributed by atoms with Gasteiger partial charge in [-0.2, -0.15) is 0 Å². The Morgan fingerprint density at radius 3 is 2.21 bits per heavy atom. The number of Topliss-reactive ketones (excluding diaryl/α,β-unsaturated/α-hetero) is 1. The molecule has 0 fully saturated rings. The van der Waals surface area contributed by atoms with Gasteiger partial charge in [0.2, 0.25) is 0 Å². The van der Waals surface area contributed by atoms with Crippen LogP contribution in [0.5, 0.6) is 0 Å². The zero-order valence-electron chi connectivity index (χ0n) is 10.1. The van der Waals surface area contributed by atoms with E-state index in [0.29, 0.717) is 5.41 Å². The van der Waals surface area contributed by atoms with Crippen molar-refractivity contribution in [2.45, 2.75) is 65.8 Å². The zero-order chi connectivity index (χ0) is 11.2. The highest BCUT2D eigenvalue weighted by atomic mass is 16.1. The maximum Gasteiger partial charge on any atom is 0.146 e. The lowest BCUT2D eigenvalue weighted by Gasteiger charge is -2.17. The van der Waals surface area contributed by atoms with E-state index >= 15 is 0 Å². The minimum Gasteiger partial charge on any atom is -0.322 e. The number of ketones is 1. The van der Waals surface area contributed by atoms with Crippen molar-refractivity contribution in [2.75, 3.05) is 0 Å². The first-order valence-corrected chi connectivity index (χ1v) is 5.59. The first-order chi connectivity index (χ1) is 6.33. The monoisotopic (exact) mass is 199 g/mol. The molecule has 84 valence electrons. The molecule has 0 spiro atoms. The van der Waals surface area contributed by atoms with E-state index in [1.165, 1.54) is 19.3 Å². The lowest BCUT2D eigenvalue weighted by atomic mass is 9.89. The SMILES string of the molecule is CC(=O)[C@@H](N)CCCCCC(C)(C)C. The van der Waals surface area contributed by atoms with Crippen LogP contribution >= 0.6 is 0 Å². The van der Waals surface area contributed by atoms with E-state index in [1.807, 2.05) is 0 Å². The van der Waals surface area contributed by atoms with Crippen molar-refractivity contribution in [1.82, 2.24) is 0 Å². The van der Waals surface area contributed by atoms with Gasteiger partial charge in [0.15, 0.2) is 0 Å². The molecular weight excluding hydrogens is 174 g/mol. The molecule has 1 atom stereocenters. The highest BCUT2D eigenvalue weighted by molar-refractivity contribution is 5.80. The van der Waals surface area contributed by atoms with E-state index in [1.54, 1.807) is 6.92 Å². The second-order valence-corrected chi connectivity index (χ2v) is 5.38. The van der Waals surface area contributed by atoms with Gasteiger partial charge in [0.25, 0.3) is 0 Å². The first kappa shape index (κ1) is 13.6. The van der Waals surface area contributed by atoms with Gasteiger partial charge < -0.3 is 5.73 Å². The number of hydrogen-bond donors (Lipinski definition) is 1. The molecule has 0 radical (unpaired) electrons. The van der Waals surface area contributed by atoms with Gasteiger partial charge in [0.1, 0.15) is 5.78 Å². The van der Waals surface area contributed by atoms with Crippen LogP contribution in [0.15, 0.2) is 0 Å². The van der Waals surface area contributed by atoms with Gasteiger partial charge in [-0.25, -0.2) is 0 Å². The molecule has 14 heavy (non-hydrogen) atoms. The Kier molecular flexibility index (Phi) is 6.01. The summed E-state index contributed by atoms with van der Waals surface area (Å²) in [6.07, 6.45) is 5.62. The third-order valence-electron chi connectivity index (χ3n) is 2.46. The van der Waals surface area contributed by atoms with E-state index in [4.69, 9.17) is 5.73 Å². The maximum atomic E-state index is 10.8. The lowest BCUT2D eigenvalue weighted by molar-refractivity contribution is -0.118. The summed E-state index contributed by atoms with van der Waals surface area (Å²) in [5.41, 5.74) is 6.07. The lowest BCUT2D eigenvalue weighted by Crippen LogP contribution is -2.27. The van der Waals surface area contributed by atoms with Crippen molar-refractivity contribution in [3.05, 3.63) is 0 Å². The molecule has 0 aliphatic heterocycles. The third kappa shape index (κ3) is 8.24. The van der Waals surface area contributed by atoms with Crippen LogP contribution in [0, 0.1) is 5.41 Å². The van der Waals surface area contributed by atoms with Crippen molar-refractivity contribution in [2.24, 2.45) is 11.1 Å². The Labute approximate surface area is 88.3 Å². The van der Waals surface area contributed by atoms with E-state index in [2.05, 4.69) is 20.8 Å². The summed E-state index contributed by atoms with van der Waals surface area (Å²) < 4.78 is 0. The number of hydrogen-bond acceptors (Lipinski definition) is 2. The van der Waals surface area contributed by atoms with E-state index in [9.17, 15) is 4.79 Å². The Morgan fingerprint density at radius 2 is 1.79 bits per heavy atom. The number of carbonyl (C=O) groups excluding carboxylic acids is 1. The molecule has 0 unspecified atom stereocenters. The molecule has 0 aromatic heterocycles. The largest absolute Gasteiger partial charge is 0.322 e. The van der Waals surface area contributed by atoms with E-state index in [0.717, 1.165) is 12.8 Å². The summed E-state index contributed by atoms with van der Waals surface area (Å²) in [4.78, 5) is 10.8. The molecule has 0 heterocycles. The third-order valence-corrected chi connectivity index (χ3v) is 2.46. The fourth-order valence-electron chi connectivity index (χ4n) is 1.40. The molecule has 2 N–H and O–H groups in total. The normalized spacial score (nSPS) is 14.1. The summed E-state index contributed by atoms with van der Waals surface area (Å²) in [7, 11) is 0. The van der Waals surface area contributed by atoms with Crippen molar-refractivity contribution < 1.29 is 4.79 Å². The number of nitrogens with two attached hydrogens (primary N) is 1. The zero-order valence-corrected chi connectivity index (χ0v) is 10.1. The number of rotatable bonds is 6. The number of unbranched alkanes of at least 4 members (excludes halogenated alkanes) is 2. The molecule has 0 aliphatic carbocycles. The van der Waals surface area contributed by atoms with Crippen LogP contribution in [0.25, 0.3) is 0 Å². The highest BCUT2D eigenvalue weighted by Crippen LogP contribution is 2.22. The average molecular weight is 199 g/mol. The van der Waals surface area contributed by atoms with E-state index < -0.39 is 0 Å². The topological polar surface area (TPSA) is 43.1 Å². The summed E-state index contributed by atoms with van der Waals surface area (Å²) in [6.45, 7) is 8.34. The Hall–Kier alpha value is -0.370. The fourth-order valence-corrected chi connectivity index (χ4v) is 1.40. The maximum absolute atomic E-state index is 10.8. The predicted molar refractivity (Wildman–Crippen MR) is 61.2 cm³/mol. The second-order valence-electron chi connectivity index (χ2n) is 5.38. The molecule has 0 rings (SSSR count). The number of carbonyl (C=O) groups is 1. The van der Waals surface area contributed by atoms with Gasteiger partial charge in [-0.1, -0.05) is 40.0 Å². The molecular formula is C12H25NO. The van der Waals surface area contributed by atoms with Crippen molar-refractivity contribution >= 4 is 5.78 Å². The standard InChI is InChI=1S/C12H25NO/c1-10(14)11(13)8-6-5-7-9-12(2,3)4/h11H,5-9,13H2,1-4H3/t11-/m0/s1. The summed E-state index contributed by atoms with van der Waals surface area (Å²) in [5.74, 6) is 0.112. The van der Waals surface area contributed by atoms with Crippen molar-refractivity contribution in [3.8, 4) is 0 Å². The molecule has 0 amide bonds. The van der Waals surface area contributed by atoms with Crippen molar-refractivity contribution in [1.29, 1.82) is 0 Å². The second kappa shape index (κ2) is 6.18. The van der Waals surface area contributed by atoms with Gasteiger partial charge in [0.05, 0.1) is 6.04 Å². The fraction of sp³-hybridized carbons (Fsp3) is 0.917. The van der Waals surface area contributed by atoms with Crippen LogP contribution in [-0.2, 0) is 4.79 Å². The quantitative estimate of drug-likeness (QED) is 0.668. The summed E-state index contributed by atoms with van der Waals surface area (Å²) in [5, 5.41) is 0. The van der Waals surface area contributed by atoms with Crippen LogP contribution in [0.4, 0.5) is 0 Å². The Balaban J connectivity index is 3.35. The van der Waals surface area contributed by atoms with Crippen molar-refractivity contribution in [3.63, 3.8) is 0 Å². The van der Waals surface area contributed by atoms with Gasteiger partial charge >= 0.3 is 0 Å². The molecule has 0 aliphatic rings. The molecule has 0 saturated heterocycles. The molecule has 2 nitrogen and oxygen atoms in total. The predicted octanol–water partition coefficient (Wildman–Crippen LogP) is 2.90. The van der Waals surface area contributed by atoms with E-state index in [-0.39, 0.29) is 11.8 Å². The minimum absolute atomic E-state index is 0.112. The van der Waals surface area contributed by atoms with Gasteiger partial charge in [0, 0.05) is 0 Å². The van der Waals surface area contributed by atoms with Crippen LogP contribution < -0.4 is 5.73 Å². The smallest absolute Gasteiger partial charge is 0.146 e. The Morgan fingerprint density at radius 1 is 1.21 bits per heavy atom. The minimum atomic E-state index is -0.232. The van der Waals surface area contributed by atoms with Gasteiger partial charge in [-0.05, 0) is 25.2 Å². The molecule has 0 aromatic rings. The van der Waals surface area contributed by atoms with Gasteiger partial charge in [-0.15, -0.1) is 0 Å². The van der Waals surface area contributed by atoms with Crippen LogP contribution in [-0.4, -0.2) is 11.8 Å². The summed E-state index contributed by atoms with van der Waals surface area (Å²) in [6, 6.07) is -0.232. The molecule has 0 saturated carbocycles. The van der Waals surface area contributed by atoms with Crippen LogP contribution in [0.1, 0.15) is 59.8 Å². The molecule has 2 heteroatoms. The molecule has 0 aromatic carbocycles. The van der Waals surface area contributed by atoms with Crippen LogP contribution in [0.2, 0.25) is 0 Å².